The molecule has 45 heavy (non-hydrogen) atoms. The van der Waals surface area contributed by atoms with E-state index in [1.807, 2.05) is 39.4 Å². The third-order valence-electron chi connectivity index (χ3n) is 9.38. The first-order chi connectivity index (χ1) is 21.8. The van der Waals surface area contributed by atoms with Gasteiger partial charge in [0.1, 0.15) is 17.9 Å². The molecule has 3 N–H and O–H groups in total. The number of likely N-dealkylation sites (N-methyl/N-ethyl adjacent to an activating group) is 1. The Labute approximate surface area is 268 Å². The number of anilines is 3. The molecule has 0 saturated carbocycles. The molecule has 9 heteroatoms. The minimum Gasteiger partial charge on any atom is -0.392 e. The number of aldehydes is 1. The number of piperazine rings is 1. The number of rotatable bonds is 11. The predicted molar refractivity (Wildman–Crippen MR) is 188 cm³/mol. The van der Waals surface area contributed by atoms with Gasteiger partial charge in [-0.2, -0.15) is 0 Å². The highest BCUT2D eigenvalue weighted by Crippen LogP contribution is 2.38. The Bertz CT molecular complexity index is 1520. The van der Waals surface area contributed by atoms with Crippen molar-refractivity contribution in [2.24, 2.45) is 0 Å². The van der Waals surface area contributed by atoms with Crippen LogP contribution >= 0.6 is 0 Å². The molecule has 0 aliphatic carbocycles. The summed E-state index contributed by atoms with van der Waals surface area (Å²) >= 11 is 0. The number of benzene rings is 1. The van der Waals surface area contributed by atoms with E-state index in [1.54, 1.807) is 0 Å². The van der Waals surface area contributed by atoms with E-state index >= 15 is 0 Å². The van der Waals surface area contributed by atoms with E-state index in [9.17, 15) is 4.79 Å². The lowest BCUT2D eigenvalue weighted by Gasteiger charge is -2.39. The van der Waals surface area contributed by atoms with Gasteiger partial charge in [0.2, 0.25) is 0 Å². The molecule has 0 radical (unpaired) electrons. The van der Waals surface area contributed by atoms with Crippen molar-refractivity contribution in [2.75, 3.05) is 75.0 Å². The van der Waals surface area contributed by atoms with E-state index in [4.69, 9.17) is 9.97 Å². The molecule has 0 amide bonds. The van der Waals surface area contributed by atoms with E-state index in [0.717, 1.165) is 103 Å². The Hall–Kier alpha value is -3.95. The number of hydrogen-bond acceptors (Lipinski definition) is 9. The minimum absolute atomic E-state index is 0.388. The molecule has 3 aromatic rings. The van der Waals surface area contributed by atoms with Crippen molar-refractivity contribution in [2.45, 2.75) is 52.6 Å². The van der Waals surface area contributed by atoms with Crippen LogP contribution in [0.2, 0.25) is 0 Å². The number of hydrogen-bond donors (Lipinski definition) is 3. The van der Waals surface area contributed by atoms with Crippen LogP contribution in [0, 0.1) is 0 Å². The number of nitrogens with zero attached hydrogens (tertiary/aromatic N) is 5. The first-order valence-electron chi connectivity index (χ1n) is 16.4. The number of fused-ring (bicyclic) bond motifs is 1. The zero-order chi connectivity index (χ0) is 31.9. The summed E-state index contributed by atoms with van der Waals surface area (Å²) in [7, 11) is 4.05. The van der Waals surface area contributed by atoms with Gasteiger partial charge in [-0.3, -0.25) is 4.79 Å². The fourth-order valence-corrected chi connectivity index (χ4v) is 6.55. The molecule has 240 valence electrons. The van der Waals surface area contributed by atoms with Gasteiger partial charge >= 0.3 is 0 Å². The quantitative estimate of drug-likeness (QED) is 0.157. The van der Waals surface area contributed by atoms with E-state index in [2.05, 4.69) is 81.9 Å². The number of pyridine rings is 2. The van der Waals surface area contributed by atoms with E-state index < -0.39 is 0 Å². The van der Waals surface area contributed by atoms with E-state index in [1.165, 1.54) is 5.69 Å². The monoisotopic (exact) mass is 610 g/mol. The predicted octanol–water partition coefficient (Wildman–Crippen LogP) is 5.07. The van der Waals surface area contributed by atoms with Crippen LogP contribution in [0.25, 0.3) is 21.9 Å². The number of piperidine rings is 1. The largest absolute Gasteiger partial charge is 0.392 e. The van der Waals surface area contributed by atoms with Crippen LogP contribution in [0.5, 0.6) is 0 Å². The van der Waals surface area contributed by atoms with Crippen molar-refractivity contribution in [3.63, 3.8) is 0 Å². The summed E-state index contributed by atoms with van der Waals surface area (Å²) in [6.45, 7) is 14.9. The topological polar surface area (TPSA) is 88.7 Å². The summed E-state index contributed by atoms with van der Waals surface area (Å²) in [5, 5.41) is 12.5. The summed E-state index contributed by atoms with van der Waals surface area (Å²) in [4.78, 5) is 29.1. The van der Waals surface area contributed by atoms with Gasteiger partial charge in [-0.1, -0.05) is 0 Å². The van der Waals surface area contributed by atoms with Crippen molar-refractivity contribution in [1.82, 2.24) is 25.5 Å². The molecule has 4 heterocycles. The van der Waals surface area contributed by atoms with Gasteiger partial charge in [-0.25, -0.2) is 9.97 Å². The number of allylic oxidation sites excluding steroid dienone is 3. The number of nitrogens with one attached hydrogen (secondary N) is 3. The fourth-order valence-electron chi connectivity index (χ4n) is 6.55. The highest BCUT2D eigenvalue weighted by molar-refractivity contribution is 6.03. The maximum absolute atomic E-state index is 12.1. The number of aromatic nitrogens is 2. The van der Waals surface area contributed by atoms with Crippen molar-refractivity contribution in [3.8, 4) is 11.1 Å². The van der Waals surface area contributed by atoms with Gasteiger partial charge in [0.05, 0.1) is 0 Å². The maximum atomic E-state index is 12.1. The molecular weight excluding hydrogens is 560 g/mol. The highest BCUT2D eigenvalue weighted by atomic mass is 16.1. The van der Waals surface area contributed by atoms with Crippen molar-refractivity contribution in [3.05, 3.63) is 65.6 Å². The summed E-state index contributed by atoms with van der Waals surface area (Å²) in [5.41, 5.74) is 6.03. The Morgan fingerprint density at radius 2 is 1.89 bits per heavy atom. The summed E-state index contributed by atoms with van der Waals surface area (Å²) in [6, 6.07) is 12.0. The average Bonchev–Trinajstić information content (AvgIpc) is 3.06. The van der Waals surface area contributed by atoms with Crippen molar-refractivity contribution in [1.29, 1.82) is 0 Å². The zero-order valence-corrected chi connectivity index (χ0v) is 27.9. The second-order valence-corrected chi connectivity index (χ2v) is 12.5. The van der Waals surface area contributed by atoms with Crippen LogP contribution in [0.3, 0.4) is 0 Å². The molecule has 1 aromatic carbocycles. The zero-order valence-electron chi connectivity index (χ0n) is 27.9. The van der Waals surface area contributed by atoms with Crippen LogP contribution in [0.15, 0.2) is 65.6 Å². The third kappa shape index (κ3) is 7.65. The molecule has 2 aliphatic heterocycles. The van der Waals surface area contributed by atoms with Crippen LogP contribution in [-0.4, -0.2) is 93.1 Å². The van der Waals surface area contributed by atoms with E-state index in [-0.39, 0.29) is 0 Å². The van der Waals surface area contributed by atoms with Crippen LogP contribution in [-0.2, 0) is 4.79 Å². The molecular formula is C36H50N8O. The lowest BCUT2D eigenvalue weighted by Crippen LogP contribution is -2.47. The Morgan fingerprint density at radius 3 is 2.56 bits per heavy atom. The lowest BCUT2D eigenvalue weighted by molar-refractivity contribution is -0.104. The average molecular weight is 611 g/mol. The van der Waals surface area contributed by atoms with Crippen LogP contribution < -0.4 is 25.8 Å². The minimum atomic E-state index is 0.388. The number of carbonyl (C=O) groups is 1. The standard InChI is InChI=1S/C36H50N8O/c1-7-44(31-10-12-38-27(4)19-31)34-21-29(28-8-9-35(40-22-28)43-16-14-42(6)15-17-43)20-33-32(34)11-13-39-36(33)41-23-30(24-45)25(2)18-26(3)37-5/h8-9,11,13,18,20-22,24,27,31,37-38H,7,10,12,14-17,19,23H2,1-6H3,(H,39,41)/b26-18-,30-25-. The van der Waals surface area contributed by atoms with Gasteiger partial charge in [0.25, 0.3) is 0 Å². The van der Waals surface area contributed by atoms with Gasteiger partial charge in [-0.05, 0) is 102 Å². The smallest absolute Gasteiger partial charge is 0.148 e. The fraction of sp³-hybridized carbons (Fsp3) is 0.472. The first-order valence-corrected chi connectivity index (χ1v) is 16.4. The maximum Gasteiger partial charge on any atom is 0.148 e. The normalized spacial score (nSPS) is 20.1. The van der Waals surface area contributed by atoms with Crippen molar-refractivity contribution >= 4 is 34.4 Å². The molecule has 9 nitrogen and oxygen atoms in total. The van der Waals surface area contributed by atoms with Gasteiger partial charge in [0.15, 0.2) is 0 Å². The first kappa shape index (κ1) is 32.4. The molecule has 2 fully saturated rings. The van der Waals surface area contributed by atoms with Gasteiger partial charge < -0.3 is 30.7 Å². The molecule has 2 saturated heterocycles. The van der Waals surface area contributed by atoms with Crippen LogP contribution in [0.1, 0.15) is 40.5 Å². The van der Waals surface area contributed by atoms with Gasteiger partial charge in [-0.15, -0.1) is 0 Å². The van der Waals surface area contributed by atoms with Gasteiger partial charge in [0, 0.05) is 104 Å². The number of carbonyl (C=O) groups excluding carboxylic acids is 1. The Morgan fingerprint density at radius 1 is 1.09 bits per heavy atom. The Kier molecular flexibility index (Phi) is 10.7. The SMILES string of the molecule is CCN(c1cc(-c2ccc(N3CCN(C)CC3)nc2)cc2c(NC/C(C=O)=C(C)/C=C(/C)NC)nccc12)C1CCNC(C)C1. The Balaban J connectivity index is 1.56. The molecule has 2 unspecified atom stereocenters. The third-order valence-corrected chi connectivity index (χ3v) is 9.38. The second-order valence-electron chi connectivity index (χ2n) is 12.5. The van der Waals surface area contributed by atoms with Crippen LogP contribution in [0.4, 0.5) is 17.3 Å². The van der Waals surface area contributed by atoms with E-state index in [0.29, 0.717) is 24.2 Å². The lowest BCUT2D eigenvalue weighted by atomic mass is 9.95. The highest BCUT2D eigenvalue weighted by Gasteiger charge is 2.26. The molecule has 0 bridgehead atoms. The van der Waals surface area contributed by atoms with Crippen molar-refractivity contribution < 1.29 is 4.79 Å². The second kappa shape index (κ2) is 14.9. The molecule has 5 rings (SSSR count). The summed E-state index contributed by atoms with van der Waals surface area (Å²) < 4.78 is 0. The molecule has 2 aromatic heterocycles. The molecule has 0 spiro atoms. The summed E-state index contributed by atoms with van der Waals surface area (Å²) in [6.07, 6.45) is 9.03. The molecule has 2 atom stereocenters. The summed E-state index contributed by atoms with van der Waals surface area (Å²) in [5.74, 6) is 1.80. The molecule has 2 aliphatic rings.